The third kappa shape index (κ3) is 2.83. The van der Waals surface area contributed by atoms with Gasteiger partial charge in [0.05, 0.1) is 10.6 Å². The van der Waals surface area contributed by atoms with Gasteiger partial charge in [-0.3, -0.25) is 4.79 Å². The molecule has 1 saturated heterocycles. The Morgan fingerprint density at radius 1 is 1.23 bits per heavy atom. The lowest BCUT2D eigenvalue weighted by molar-refractivity contribution is -0.118. The summed E-state index contributed by atoms with van der Waals surface area (Å²) in [5, 5.41) is 2.65. The van der Waals surface area contributed by atoms with Crippen LogP contribution in [0.15, 0.2) is 23.1 Å². The summed E-state index contributed by atoms with van der Waals surface area (Å²) in [5.41, 5.74) is 0.412. The number of rotatable bonds is 2. The number of benzene rings is 1. The van der Waals surface area contributed by atoms with Gasteiger partial charge in [-0.2, -0.15) is 4.31 Å². The smallest absolute Gasteiger partial charge is 0.262 e. The largest absolute Gasteiger partial charge is 0.482 e. The van der Waals surface area contributed by atoms with Crippen LogP contribution >= 0.6 is 0 Å². The van der Waals surface area contributed by atoms with E-state index in [-0.39, 0.29) is 17.4 Å². The average Bonchev–Trinajstić information content (AvgIpc) is 2.45. The summed E-state index contributed by atoms with van der Waals surface area (Å²) in [6.07, 6.45) is 1.04. The molecule has 2 atom stereocenters. The lowest BCUT2D eigenvalue weighted by Gasteiger charge is -2.34. The Bertz CT molecular complexity index is 691. The van der Waals surface area contributed by atoms with Gasteiger partial charge < -0.3 is 10.1 Å². The molecular formula is C15H20N2O4S. The van der Waals surface area contributed by atoms with Crippen molar-refractivity contribution in [3.8, 4) is 5.75 Å². The molecule has 0 unspecified atom stereocenters. The minimum absolute atomic E-state index is 0.0414. The van der Waals surface area contributed by atoms with Crippen LogP contribution in [-0.2, 0) is 14.8 Å². The number of piperidine rings is 1. The van der Waals surface area contributed by atoms with Crippen LogP contribution in [0.1, 0.15) is 20.3 Å². The number of carbonyl (C=O) groups excluding carboxylic acids is 1. The number of nitrogens with zero attached hydrogens (tertiary/aromatic N) is 1. The molecule has 1 N–H and O–H groups in total. The molecule has 120 valence electrons. The Kier molecular flexibility index (Phi) is 3.86. The van der Waals surface area contributed by atoms with Crippen molar-refractivity contribution in [2.45, 2.75) is 25.2 Å². The Morgan fingerprint density at radius 2 is 1.91 bits per heavy atom. The molecule has 1 fully saturated rings. The van der Waals surface area contributed by atoms with Gasteiger partial charge in [0.2, 0.25) is 10.0 Å². The van der Waals surface area contributed by atoms with Gasteiger partial charge in [-0.05, 0) is 36.5 Å². The molecule has 3 rings (SSSR count). The first-order chi connectivity index (χ1) is 10.4. The molecule has 1 aromatic carbocycles. The number of hydrogen-bond acceptors (Lipinski definition) is 4. The number of hydrogen-bond donors (Lipinski definition) is 1. The Balaban J connectivity index is 1.92. The fraction of sp³-hybridized carbons (Fsp3) is 0.533. The third-order valence-corrected chi connectivity index (χ3v) is 5.88. The van der Waals surface area contributed by atoms with Crippen molar-refractivity contribution in [2.75, 3.05) is 25.0 Å². The standard InChI is InChI=1S/C15H20N2O4S/c1-10-5-11(2)8-17(7-10)22(19,20)12-3-4-14-13(6-12)16-15(18)9-21-14/h3-4,6,10-11H,5,7-9H2,1-2H3,(H,16,18)/t10-,11-/m1/s1. The summed E-state index contributed by atoms with van der Waals surface area (Å²) in [6.45, 7) is 5.16. The first-order valence-corrected chi connectivity index (χ1v) is 8.87. The summed E-state index contributed by atoms with van der Waals surface area (Å²) in [6, 6.07) is 4.61. The van der Waals surface area contributed by atoms with Crippen LogP contribution in [0, 0.1) is 11.8 Å². The fourth-order valence-electron chi connectivity index (χ4n) is 3.17. The SMILES string of the molecule is C[C@@H]1C[C@@H](C)CN(S(=O)(=O)c2ccc3c(c2)NC(=O)CO3)C1. The number of anilines is 1. The van der Waals surface area contributed by atoms with Gasteiger partial charge in [-0.15, -0.1) is 0 Å². The second-order valence-corrected chi connectivity index (χ2v) is 8.20. The maximum absolute atomic E-state index is 12.8. The van der Waals surface area contributed by atoms with E-state index < -0.39 is 10.0 Å². The molecule has 0 aliphatic carbocycles. The predicted molar refractivity (Wildman–Crippen MR) is 82.3 cm³/mol. The van der Waals surface area contributed by atoms with Crippen LogP contribution in [0.5, 0.6) is 5.75 Å². The second kappa shape index (κ2) is 5.55. The summed E-state index contributed by atoms with van der Waals surface area (Å²) in [7, 11) is -3.55. The summed E-state index contributed by atoms with van der Waals surface area (Å²) < 4.78 is 32.4. The zero-order valence-corrected chi connectivity index (χ0v) is 13.5. The normalized spacial score (nSPS) is 26.0. The van der Waals surface area contributed by atoms with E-state index in [4.69, 9.17) is 4.74 Å². The molecule has 2 aliphatic rings. The molecular weight excluding hydrogens is 304 g/mol. The molecule has 6 nitrogen and oxygen atoms in total. The van der Waals surface area contributed by atoms with Crippen molar-refractivity contribution in [1.29, 1.82) is 0 Å². The number of fused-ring (bicyclic) bond motifs is 1. The number of carbonyl (C=O) groups is 1. The number of amides is 1. The van der Waals surface area contributed by atoms with Gasteiger partial charge in [0.25, 0.3) is 5.91 Å². The summed E-state index contributed by atoms with van der Waals surface area (Å²) in [4.78, 5) is 11.6. The van der Waals surface area contributed by atoms with Gasteiger partial charge in [0, 0.05) is 13.1 Å². The topological polar surface area (TPSA) is 75.7 Å². The maximum Gasteiger partial charge on any atom is 0.262 e. The van der Waals surface area contributed by atoms with E-state index in [0.717, 1.165) is 6.42 Å². The minimum atomic E-state index is -3.55. The number of ether oxygens (including phenoxy) is 1. The first-order valence-electron chi connectivity index (χ1n) is 7.43. The predicted octanol–water partition coefficient (Wildman–Crippen LogP) is 1.68. The van der Waals surface area contributed by atoms with E-state index in [1.165, 1.54) is 12.1 Å². The van der Waals surface area contributed by atoms with Crippen molar-refractivity contribution in [3.05, 3.63) is 18.2 Å². The van der Waals surface area contributed by atoms with Gasteiger partial charge in [-0.25, -0.2) is 8.42 Å². The molecule has 1 amide bonds. The quantitative estimate of drug-likeness (QED) is 0.898. The van der Waals surface area contributed by atoms with Crippen LogP contribution in [0.3, 0.4) is 0 Å². The van der Waals surface area contributed by atoms with Gasteiger partial charge in [0.15, 0.2) is 6.61 Å². The molecule has 0 bridgehead atoms. The molecule has 7 heteroatoms. The minimum Gasteiger partial charge on any atom is -0.482 e. The van der Waals surface area contributed by atoms with E-state index >= 15 is 0 Å². The molecule has 22 heavy (non-hydrogen) atoms. The molecule has 0 radical (unpaired) electrons. The Morgan fingerprint density at radius 3 is 2.59 bits per heavy atom. The lowest BCUT2D eigenvalue weighted by atomic mass is 9.94. The van der Waals surface area contributed by atoms with Crippen molar-refractivity contribution in [1.82, 2.24) is 4.31 Å². The Labute approximate surface area is 130 Å². The average molecular weight is 324 g/mol. The second-order valence-electron chi connectivity index (χ2n) is 6.26. The van der Waals surface area contributed by atoms with Crippen molar-refractivity contribution >= 4 is 21.6 Å². The van der Waals surface area contributed by atoms with Gasteiger partial charge in [0.1, 0.15) is 5.75 Å². The zero-order chi connectivity index (χ0) is 15.9. The molecule has 0 aromatic heterocycles. The Hall–Kier alpha value is -1.60. The summed E-state index contributed by atoms with van der Waals surface area (Å²) >= 11 is 0. The van der Waals surface area contributed by atoms with Gasteiger partial charge >= 0.3 is 0 Å². The lowest BCUT2D eigenvalue weighted by Crippen LogP contribution is -2.42. The van der Waals surface area contributed by atoms with E-state index in [1.54, 1.807) is 10.4 Å². The first kappa shape index (κ1) is 15.3. The number of sulfonamides is 1. The van der Waals surface area contributed by atoms with Gasteiger partial charge in [-0.1, -0.05) is 13.8 Å². The maximum atomic E-state index is 12.8. The number of nitrogens with one attached hydrogen (secondary N) is 1. The van der Waals surface area contributed by atoms with E-state index in [0.29, 0.717) is 36.4 Å². The fourth-order valence-corrected chi connectivity index (χ4v) is 4.88. The zero-order valence-electron chi connectivity index (χ0n) is 12.7. The third-order valence-electron chi connectivity index (χ3n) is 4.06. The van der Waals surface area contributed by atoms with E-state index in [9.17, 15) is 13.2 Å². The van der Waals surface area contributed by atoms with Crippen LogP contribution in [-0.4, -0.2) is 38.3 Å². The van der Waals surface area contributed by atoms with Crippen molar-refractivity contribution in [3.63, 3.8) is 0 Å². The summed E-state index contributed by atoms with van der Waals surface area (Å²) in [5.74, 6) is 0.916. The molecule has 2 aliphatic heterocycles. The van der Waals surface area contributed by atoms with Crippen molar-refractivity contribution in [2.24, 2.45) is 11.8 Å². The van der Waals surface area contributed by atoms with E-state index in [1.807, 2.05) is 0 Å². The highest BCUT2D eigenvalue weighted by Gasteiger charge is 2.32. The van der Waals surface area contributed by atoms with Crippen LogP contribution in [0.25, 0.3) is 0 Å². The van der Waals surface area contributed by atoms with Crippen LogP contribution < -0.4 is 10.1 Å². The monoisotopic (exact) mass is 324 g/mol. The van der Waals surface area contributed by atoms with E-state index in [2.05, 4.69) is 19.2 Å². The highest BCUT2D eigenvalue weighted by Crippen LogP contribution is 2.33. The highest BCUT2D eigenvalue weighted by molar-refractivity contribution is 7.89. The van der Waals surface area contributed by atoms with Crippen LogP contribution in [0.2, 0.25) is 0 Å². The molecule has 0 saturated carbocycles. The molecule has 1 aromatic rings. The highest BCUT2D eigenvalue weighted by atomic mass is 32.2. The van der Waals surface area contributed by atoms with Crippen LogP contribution in [0.4, 0.5) is 5.69 Å². The van der Waals surface area contributed by atoms with Crippen molar-refractivity contribution < 1.29 is 17.9 Å². The molecule has 2 heterocycles. The molecule has 0 spiro atoms.